The van der Waals surface area contributed by atoms with Gasteiger partial charge in [-0.2, -0.15) is 11.3 Å². The van der Waals surface area contributed by atoms with E-state index in [2.05, 4.69) is 66.1 Å². The predicted molar refractivity (Wildman–Crippen MR) is 118 cm³/mol. The van der Waals surface area contributed by atoms with Gasteiger partial charge in [0.05, 0.1) is 18.4 Å². The van der Waals surface area contributed by atoms with E-state index in [0.717, 1.165) is 36.2 Å². The molecule has 0 saturated carbocycles. The molecule has 3 aromatic heterocycles. The topological polar surface area (TPSA) is 43.6 Å². The van der Waals surface area contributed by atoms with Crippen LogP contribution in [0, 0.1) is 20.8 Å². The van der Waals surface area contributed by atoms with Gasteiger partial charge in [0.15, 0.2) is 0 Å². The van der Waals surface area contributed by atoms with Gasteiger partial charge < -0.3 is 0 Å². The van der Waals surface area contributed by atoms with E-state index >= 15 is 0 Å². The molecule has 29 heavy (non-hydrogen) atoms. The molecule has 0 aliphatic heterocycles. The van der Waals surface area contributed by atoms with E-state index in [4.69, 9.17) is 4.98 Å². The molecule has 5 heteroatoms. The van der Waals surface area contributed by atoms with Crippen molar-refractivity contribution in [3.63, 3.8) is 0 Å². The van der Waals surface area contributed by atoms with Crippen LogP contribution in [0.5, 0.6) is 0 Å². The Balaban J connectivity index is 1.51. The fraction of sp³-hybridized carbons (Fsp3) is 0.292. The van der Waals surface area contributed by atoms with Crippen molar-refractivity contribution in [1.29, 1.82) is 0 Å². The fourth-order valence-electron chi connectivity index (χ4n) is 4.14. The monoisotopic (exact) mass is 400 g/mol. The van der Waals surface area contributed by atoms with Gasteiger partial charge in [0.1, 0.15) is 5.69 Å². The second kappa shape index (κ2) is 7.23. The maximum atomic E-state index is 5.08. The van der Waals surface area contributed by atoms with Gasteiger partial charge in [-0.15, -0.1) is 5.10 Å². The maximum absolute atomic E-state index is 5.08. The van der Waals surface area contributed by atoms with Gasteiger partial charge in [-0.05, 0) is 91.4 Å². The lowest BCUT2D eigenvalue weighted by molar-refractivity contribution is 0.644. The predicted octanol–water partition coefficient (Wildman–Crippen LogP) is 5.53. The highest BCUT2D eigenvalue weighted by atomic mass is 32.1. The zero-order valence-corrected chi connectivity index (χ0v) is 17.9. The van der Waals surface area contributed by atoms with Gasteiger partial charge in [0.25, 0.3) is 0 Å². The third kappa shape index (κ3) is 3.40. The molecule has 146 valence electrons. The van der Waals surface area contributed by atoms with Crippen molar-refractivity contribution in [2.24, 2.45) is 0 Å². The van der Waals surface area contributed by atoms with Crippen molar-refractivity contribution in [3.05, 3.63) is 74.7 Å². The molecule has 0 bridgehead atoms. The van der Waals surface area contributed by atoms with E-state index < -0.39 is 0 Å². The lowest BCUT2D eigenvalue weighted by Crippen LogP contribution is -2.06. The number of fused-ring (bicyclic) bond motifs is 3. The van der Waals surface area contributed by atoms with E-state index in [-0.39, 0.29) is 0 Å². The Bertz CT molecular complexity index is 1190. The molecule has 0 amide bonds. The van der Waals surface area contributed by atoms with Crippen LogP contribution < -0.4 is 0 Å². The number of benzene rings is 1. The minimum absolute atomic E-state index is 0.697. The first-order chi connectivity index (χ1) is 14.1. The normalized spacial score (nSPS) is 13.1. The highest BCUT2D eigenvalue weighted by molar-refractivity contribution is 7.08. The minimum Gasteiger partial charge on any atom is -0.252 e. The molecule has 0 N–H and O–H groups in total. The second-order valence-corrected chi connectivity index (χ2v) is 8.78. The molecule has 3 heterocycles. The number of aryl methyl sites for hydroxylation is 5. The average Bonchev–Trinajstić information content (AvgIpc) is 3.35. The Morgan fingerprint density at radius 2 is 1.86 bits per heavy atom. The molecule has 4 nitrogen and oxygen atoms in total. The molecule has 1 aromatic carbocycles. The minimum atomic E-state index is 0.697. The van der Waals surface area contributed by atoms with E-state index in [9.17, 15) is 0 Å². The van der Waals surface area contributed by atoms with Gasteiger partial charge in [-0.3, -0.25) is 4.98 Å². The lowest BCUT2D eigenvalue weighted by Gasteiger charge is -2.15. The zero-order chi connectivity index (χ0) is 20.0. The van der Waals surface area contributed by atoms with Crippen LogP contribution in [-0.2, 0) is 19.4 Å². The van der Waals surface area contributed by atoms with Crippen LogP contribution in [0.3, 0.4) is 0 Å². The molecule has 1 aliphatic carbocycles. The molecular weight excluding hydrogens is 376 g/mol. The first kappa shape index (κ1) is 18.3. The van der Waals surface area contributed by atoms with Gasteiger partial charge in [0, 0.05) is 22.2 Å². The molecular formula is C24H24N4S. The number of rotatable bonds is 3. The number of aromatic nitrogens is 4. The second-order valence-electron chi connectivity index (χ2n) is 8.00. The molecule has 0 atom stereocenters. The van der Waals surface area contributed by atoms with E-state index in [1.54, 1.807) is 11.3 Å². The largest absolute Gasteiger partial charge is 0.252 e. The summed E-state index contributed by atoms with van der Waals surface area (Å²) >= 11 is 1.68. The first-order valence-corrected chi connectivity index (χ1v) is 11.1. The number of hydrogen-bond donors (Lipinski definition) is 0. The highest BCUT2D eigenvalue weighted by Crippen LogP contribution is 2.34. The summed E-state index contributed by atoms with van der Waals surface area (Å²) in [5.41, 5.74) is 12.3. The number of nitrogens with zero attached hydrogens (tertiary/aromatic N) is 4. The molecule has 1 aliphatic rings. The summed E-state index contributed by atoms with van der Waals surface area (Å²) in [5, 5.41) is 12.8. The SMILES string of the molecule is Cc1cc2c(cc1C)-c1nc(C)c(Cn3cc(-c4ccsc4)nn3)cc1CCC2. The molecule has 0 spiro atoms. The van der Waals surface area contributed by atoms with Crippen molar-refractivity contribution in [2.75, 3.05) is 0 Å². The first-order valence-electron chi connectivity index (χ1n) is 10.1. The van der Waals surface area contributed by atoms with Crippen molar-refractivity contribution in [3.8, 4) is 22.5 Å². The van der Waals surface area contributed by atoms with Gasteiger partial charge >= 0.3 is 0 Å². The number of thiophene rings is 1. The third-order valence-electron chi connectivity index (χ3n) is 5.95. The maximum Gasteiger partial charge on any atom is 0.113 e. The summed E-state index contributed by atoms with van der Waals surface area (Å²) < 4.78 is 1.92. The Labute approximate surface area is 175 Å². The lowest BCUT2D eigenvalue weighted by atomic mass is 9.95. The van der Waals surface area contributed by atoms with Gasteiger partial charge in [0.2, 0.25) is 0 Å². The molecule has 5 rings (SSSR count). The van der Waals surface area contributed by atoms with Crippen LogP contribution in [0.4, 0.5) is 0 Å². The average molecular weight is 401 g/mol. The summed E-state index contributed by atoms with van der Waals surface area (Å²) in [7, 11) is 0. The van der Waals surface area contributed by atoms with Gasteiger partial charge in [-0.1, -0.05) is 11.3 Å². The quantitative estimate of drug-likeness (QED) is 0.454. The fourth-order valence-corrected chi connectivity index (χ4v) is 4.79. The van der Waals surface area contributed by atoms with Gasteiger partial charge in [-0.25, -0.2) is 4.68 Å². The Morgan fingerprint density at radius 1 is 1.03 bits per heavy atom. The van der Waals surface area contributed by atoms with E-state index in [1.807, 2.05) is 10.9 Å². The molecule has 4 aromatic rings. The van der Waals surface area contributed by atoms with Crippen molar-refractivity contribution in [2.45, 2.75) is 46.6 Å². The Hall–Kier alpha value is -2.79. The van der Waals surface area contributed by atoms with Crippen LogP contribution in [0.15, 0.2) is 41.2 Å². The molecule has 0 unspecified atom stereocenters. The van der Waals surface area contributed by atoms with Crippen LogP contribution >= 0.6 is 11.3 Å². The standard InChI is InChI=1S/C24H24N4S/c1-15-9-18-5-4-6-19-11-21(17(3)25-24(19)22(18)10-16(15)2)12-28-13-23(26-27-28)20-7-8-29-14-20/h7-11,13-14H,4-6,12H2,1-3H3. The van der Waals surface area contributed by atoms with Crippen molar-refractivity contribution < 1.29 is 0 Å². The summed E-state index contributed by atoms with van der Waals surface area (Å²) in [6.07, 6.45) is 5.38. The van der Waals surface area contributed by atoms with E-state index in [0.29, 0.717) is 6.54 Å². The Kier molecular flexibility index (Phi) is 4.55. The summed E-state index contributed by atoms with van der Waals surface area (Å²) in [5.74, 6) is 0. The van der Waals surface area contributed by atoms with Crippen LogP contribution in [0.1, 0.15) is 39.9 Å². The van der Waals surface area contributed by atoms with Crippen LogP contribution in [0.2, 0.25) is 0 Å². The van der Waals surface area contributed by atoms with Crippen molar-refractivity contribution >= 4 is 11.3 Å². The zero-order valence-electron chi connectivity index (χ0n) is 17.1. The number of hydrogen-bond acceptors (Lipinski definition) is 4. The summed E-state index contributed by atoms with van der Waals surface area (Å²) in [6, 6.07) is 9.10. The van der Waals surface area contributed by atoms with Crippen LogP contribution in [0.25, 0.3) is 22.5 Å². The Morgan fingerprint density at radius 3 is 2.69 bits per heavy atom. The van der Waals surface area contributed by atoms with Crippen molar-refractivity contribution in [1.82, 2.24) is 20.0 Å². The summed E-state index contributed by atoms with van der Waals surface area (Å²) in [6.45, 7) is 7.20. The smallest absolute Gasteiger partial charge is 0.113 e. The molecule has 0 saturated heterocycles. The molecule has 0 fully saturated rings. The number of pyridine rings is 1. The highest BCUT2D eigenvalue weighted by Gasteiger charge is 2.19. The third-order valence-corrected chi connectivity index (χ3v) is 6.63. The molecule has 0 radical (unpaired) electrons. The van der Waals surface area contributed by atoms with Crippen LogP contribution in [-0.4, -0.2) is 20.0 Å². The van der Waals surface area contributed by atoms with E-state index in [1.165, 1.54) is 39.1 Å². The summed E-state index contributed by atoms with van der Waals surface area (Å²) in [4.78, 5) is 5.08.